The molecule has 4 rings (SSSR count). The van der Waals surface area contributed by atoms with E-state index in [9.17, 15) is 9.90 Å². The van der Waals surface area contributed by atoms with Crippen molar-refractivity contribution in [1.82, 2.24) is 14.5 Å². The van der Waals surface area contributed by atoms with E-state index in [4.69, 9.17) is 4.74 Å². The number of aliphatic hydroxyl groups excluding tert-OH is 1. The van der Waals surface area contributed by atoms with Crippen LogP contribution in [0.1, 0.15) is 65.5 Å². The van der Waals surface area contributed by atoms with Gasteiger partial charge < -0.3 is 19.3 Å². The quantitative estimate of drug-likeness (QED) is 0.717. The highest BCUT2D eigenvalue weighted by Crippen LogP contribution is 2.52. The number of carbonyl (C=O) groups excluding carboxylic acids is 1. The minimum atomic E-state index is -0.512. The Bertz CT molecular complexity index is 932. The molecule has 1 aromatic carbocycles. The molecule has 6 nitrogen and oxygen atoms in total. The number of fused-ring (bicyclic) bond motifs is 3. The molecule has 1 N–H and O–H groups in total. The molecule has 1 aliphatic carbocycles. The zero-order valence-corrected chi connectivity index (χ0v) is 19.3. The van der Waals surface area contributed by atoms with Gasteiger partial charge in [-0.1, -0.05) is 31.2 Å². The van der Waals surface area contributed by atoms with E-state index in [-0.39, 0.29) is 30.0 Å². The standard InChI is InChI=1S/C25H35N3O3/c1-6-17(27(7-2)24(30)31-25(3,4)5)12-16-13-20(23(16)29)22-19-11-9-8-10-18(19)21-14-26-15-28(21)22/h8-11,14-17,20,22-23,29H,6-7,12-13H2,1-5H3/t16-,17+,20-,22-,23+/m1/s1. The van der Waals surface area contributed by atoms with Gasteiger partial charge in [-0.3, -0.25) is 0 Å². The van der Waals surface area contributed by atoms with Gasteiger partial charge in [0.05, 0.1) is 30.4 Å². The molecule has 168 valence electrons. The lowest BCUT2D eigenvalue weighted by molar-refractivity contribution is -0.0713. The van der Waals surface area contributed by atoms with E-state index in [1.54, 1.807) is 0 Å². The van der Waals surface area contributed by atoms with Gasteiger partial charge in [-0.2, -0.15) is 0 Å². The summed E-state index contributed by atoms with van der Waals surface area (Å²) in [5.41, 5.74) is 3.11. The molecule has 1 aromatic heterocycles. The zero-order chi connectivity index (χ0) is 22.3. The van der Waals surface area contributed by atoms with Crippen LogP contribution in [-0.4, -0.2) is 49.9 Å². The summed E-state index contributed by atoms with van der Waals surface area (Å²) in [5.74, 6) is 0.349. The minimum absolute atomic E-state index is 0.0696. The van der Waals surface area contributed by atoms with Crippen LogP contribution in [0.25, 0.3) is 11.3 Å². The summed E-state index contributed by atoms with van der Waals surface area (Å²) in [6, 6.07) is 8.64. The van der Waals surface area contributed by atoms with Crippen molar-refractivity contribution in [1.29, 1.82) is 0 Å². The molecule has 0 unspecified atom stereocenters. The molecule has 0 spiro atoms. The molecule has 1 saturated carbocycles. The van der Waals surface area contributed by atoms with Crippen molar-refractivity contribution in [2.45, 2.75) is 77.7 Å². The van der Waals surface area contributed by atoms with Crippen LogP contribution in [0.4, 0.5) is 4.79 Å². The first kappa shape index (κ1) is 21.9. The van der Waals surface area contributed by atoms with Crippen molar-refractivity contribution in [2.24, 2.45) is 11.8 Å². The molecular formula is C25H35N3O3. The number of benzene rings is 1. The van der Waals surface area contributed by atoms with Crippen LogP contribution in [0, 0.1) is 11.8 Å². The lowest BCUT2D eigenvalue weighted by Gasteiger charge is -2.47. The predicted octanol–water partition coefficient (Wildman–Crippen LogP) is 4.88. The lowest BCUT2D eigenvalue weighted by atomic mass is 9.65. The van der Waals surface area contributed by atoms with Crippen LogP contribution in [0.2, 0.25) is 0 Å². The minimum Gasteiger partial charge on any atom is -0.444 e. The maximum absolute atomic E-state index is 12.7. The number of nitrogens with zero attached hydrogens (tertiary/aromatic N) is 3. The fraction of sp³-hybridized carbons (Fsp3) is 0.600. The third-order valence-corrected chi connectivity index (χ3v) is 6.88. The monoisotopic (exact) mass is 425 g/mol. The first-order chi connectivity index (χ1) is 14.7. The van der Waals surface area contributed by atoms with Gasteiger partial charge in [0.15, 0.2) is 0 Å². The number of amides is 1. The Morgan fingerprint density at radius 1 is 1.32 bits per heavy atom. The Kier molecular flexibility index (Phi) is 5.86. The highest BCUT2D eigenvalue weighted by Gasteiger charge is 2.48. The second-order valence-electron chi connectivity index (χ2n) is 9.93. The summed E-state index contributed by atoms with van der Waals surface area (Å²) in [5, 5.41) is 11.2. The van der Waals surface area contributed by atoms with Crippen molar-refractivity contribution in [3.8, 4) is 11.3 Å². The number of aliphatic hydroxyl groups is 1. The van der Waals surface area contributed by atoms with Gasteiger partial charge in [-0.05, 0) is 58.4 Å². The van der Waals surface area contributed by atoms with Gasteiger partial charge in [0.25, 0.3) is 0 Å². The summed E-state index contributed by atoms with van der Waals surface area (Å²) in [6.07, 6.45) is 5.73. The molecule has 1 fully saturated rings. The summed E-state index contributed by atoms with van der Waals surface area (Å²) in [7, 11) is 0. The predicted molar refractivity (Wildman–Crippen MR) is 121 cm³/mol. The van der Waals surface area contributed by atoms with E-state index in [1.165, 1.54) is 11.1 Å². The highest BCUT2D eigenvalue weighted by atomic mass is 16.6. The summed E-state index contributed by atoms with van der Waals surface area (Å²) in [6.45, 7) is 10.4. The van der Waals surface area contributed by atoms with Gasteiger partial charge in [-0.15, -0.1) is 0 Å². The fourth-order valence-electron chi connectivity index (χ4n) is 5.36. The largest absolute Gasteiger partial charge is 0.444 e. The van der Waals surface area contributed by atoms with Crippen molar-refractivity contribution in [2.75, 3.05) is 6.54 Å². The smallest absolute Gasteiger partial charge is 0.410 e. The van der Waals surface area contributed by atoms with Crippen LogP contribution >= 0.6 is 0 Å². The van der Waals surface area contributed by atoms with Crippen LogP contribution in [0.3, 0.4) is 0 Å². The molecule has 5 atom stereocenters. The summed E-state index contributed by atoms with van der Waals surface area (Å²) in [4.78, 5) is 18.9. The molecule has 0 radical (unpaired) electrons. The molecule has 0 bridgehead atoms. The molecule has 1 aliphatic heterocycles. The van der Waals surface area contributed by atoms with Crippen molar-refractivity contribution in [3.63, 3.8) is 0 Å². The second-order valence-corrected chi connectivity index (χ2v) is 9.93. The zero-order valence-electron chi connectivity index (χ0n) is 19.3. The number of aromatic nitrogens is 2. The number of imidazole rings is 1. The lowest BCUT2D eigenvalue weighted by Crippen LogP contribution is -2.50. The maximum Gasteiger partial charge on any atom is 0.410 e. The van der Waals surface area contributed by atoms with Crippen LogP contribution in [0.5, 0.6) is 0 Å². The molecule has 0 saturated heterocycles. The topological polar surface area (TPSA) is 67.6 Å². The average Bonchev–Trinajstić information content (AvgIpc) is 3.30. The summed E-state index contributed by atoms with van der Waals surface area (Å²) >= 11 is 0. The molecule has 2 aliphatic rings. The third kappa shape index (κ3) is 3.98. The normalized spacial score (nSPS) is 25.4. The molecular weight excluding hydrogens is 390 g/mol. The number of hydrogen-bond donors (Lipinski definition) is 1. The number of ether oxygens (including phenoxy) is 1. The SMILES string of the molecule is CC[C@@H](C[C@@H]1C[C@H]([C@H]2c3ccccc3-c3cncn32)[C@H]1O)N(CC)C(=O)OC(C)(C)C. The molecule has 31 heavy (non-hydrogen) atoms. The highest BCUT2D eigenvalue weighted by molar-refractivity contribution is 5.69. The van der Waals surface area contributed by atoms with E-state index < -0.39 is 11.7 Å². The molecule has 2 aromatic rings. The second kappa shape index (κ2) is 8.30. The van der Waals surface area contributed by atoms with E-state index in [1.807, 2.05) is 45.1 Å². The Labute approximate surface area is 185 Å². The van der Waals surface area contributed by atoms with E-state index >= 15 is 0 Å². The number of hydrogen-bond acceptors (Lipinski definition) is 4. The Morgan fingerprint density at radius 3 is 2.71 bits per heavy atom. The van der Waals surface area contributed by atoms with E-state index in [0.717, 1.165) is 25.0 Å². The van der Waals surface area contributed by atoms with Crippen molar-refractivity contribution >= 4 is 6.09 Å². The van der Waals surface area contributed by atoms with Crippen molar-refractivity contribution in [3.05, 3.63) is 42.4 Å². The van der Waals surface area contributed by atoms with Crippen molar-refractivity contribution < 1.29 is 14.6 Å². The van der Waals surface area contributed by atoms with Crippen LogP contribution in [0.15, 0.2) is 36.8 Å². The number of rotatable bonds is 6. The van der Waals surface area contributed by atoms with Gasteiger partial charge in [0, 0.05) is 24.1 Å². The molecule has 6 heteroatoms. The Morgan fingerprint density at radius 2 is 2.06 bits per heavy atom. The van der Waals surface area contributed by atoms with Gasteiger partial charge in [0.1, 0.15) is 5.60 Å². The van der Waals surface area contributed by atoms with E-state index in [0.29, 0.717) is 6.54 Å². The maximum atomic E-state index is 12.7. The first-order valence-corrected chi connectivity index (χ1v) is 11.5. The fourth-order valence-corrected chi connectivity index (χ4v) is 5.36. The average molecular weight is 426 g/mol. The van der Waals surface area contributed by atoms with Crippen LogP contribution in [-0.2, 0) is 4.74 Å². The number of carbonyl (C=O) groups is 1. The van der Waals surface area contributed by atoms with E-state index in [2.05, 4.69) is 40.7 Å². The van der Waals surface area contributed by atoms with Gasteiger partial charge >= 0.3 is 6.09 Å². The third-order valence-electron chi connectivity index (χ3n) is 6.88. The molecule has 1 amide bonds. The van der Waals surface area contributed by atoms with Gasteiger partial charge in [0.2, 0.25) is 0 Å². The van der Waals surface area contributed by atoms with Gasteiger partial charge in [-0.25, -0.2) is 9.78 Å². The molecule has 2 heterocycles. The van der Waals surface area contributed by atoms with Crippen LogP contribution < -0.4 is 0 Å². The first-order valence-electron chi connectivity index (χ1n) is 11.5. The summed E-state index contributed by atoms with van der Waals surface area (Å²) < 4.78 is 7.83. The Balaban J connectivity index is 1.45. The Hall–Kier alpha value is -2.34.